The van der Waals surface area contributed by atoms with Crippen LogP contribution in [0.25, 0.3) is 0 Å². The van der Waals surface area contributed by atoms with Crippen LogP contribution in [0.1, 0.15) is 51.5 Å². The largest absolute Gasteiger partial charge is 0.344 e. The molecule has 0 bridgehead atoms. The van der Waals surface area contributed by atoms with Crippen LogP contribution in [0, 0.1) is 5.92 Å². The zero-order chi connectivity index (χ0) is 24.8. The second kappa shape index (κ2) is 15.1. The average Bonchev–Trinajstić information content (AvgIpc) is 2.82. The summed E-state index contributed by atoms with van der Waals surface area (Å²) in [7, 11) is 0. The van der Waals surface area contributed by atoms with Gasteiger partial charge in [0.25, 0.3) is 0 Å². The lowest BCUT2D eigenvalue weighted by Gasteiger charge is -2.24. The van der Waals surface area contributed by atoms with E-state index < -0.39 is 12.1 Å². The number of hydrogen-bond donors (Lipinski definition) is 4. The summed E-state index contributed by atoms with van der Waals surface area (Å²) in [5, 5.41) is 8.57. The Bertz CT molecular complexity index is 893. The van der Waals surface area contributed by atoms with E-state index in [1.165, 1.54) is 0 Å². The molecule has 8 heteroatoms. The Hall–Kier alpha value is -2.87. The number of hydrogen-bond acceptors (Lipinski definition) is 5. The van der Waals surface area contributed by atoms with Gasteiger partial charge in [-0.15, -0.1) is 0 Å². The Morgan fingerprint density at radius 1 is 0.912 bits per heavy atom. The molecule has 184 valence electrons. The number of anilines is 1. The molecule has 3 N–H and O–H groups in total. The van der Waals surface area contributed by atoms with Crippen molar-refractivity contribution in [2.45, 2.75) is 64.5 Å². The summed E-state index contributed by atoms with van der Waals surface area (Å²) in [5.41, 5.74) is 1.47. The molecule has 1 aromatic carbocycles. The van der Waals surface area contributed by atoms with E-state index in [2.05, 4.69) is 33.6 Å². The molecule has 0 aliphatic heterocycles. The van der Waals surface area contributed by atoms with Gasteiger partial charge in [-0.2, -0.15) is 12.6 Å². The van der Waals surface area contributed by atoms with Crippen LogP contribution >= 0.6 is 12.6 Å². The maximum Gasteiger partial charge on any atom is 0.247 e. The summed E-state index contributed by atoms with van der Waals surface area (Å²) >= 11 is 4.19. The molecule has 0 saturated carbocycles. The number of thiol groups is 1. The Morgan fingerprint density at radius 2 is 1.68 bits per heavy atom. The van der Waals surface area contributed by atoms with Gasteiger partial charge in [-0.05, 0) is 48.6 Å². The summed E-state index contributed by atoms with van der Waals surface area (Å²) in [6, 6.07) is 11.5. The van der Waals surface area contributed by atoms with Crippen LogP contribution in [0.5, 0.6) is 0 Å². The van der Waals surface area contributed by atoms with Gasteiger partial charge in [0.1, 0.15) is 12.1 Å². The number of pyridine rings is 1. The van der Waals surface area contributed by atoms with E-state index >= 15 is 0 Å². The predicted octanol–water partition coefficient (Wildman–Crippen LogP) is 3.77. The molecule has 0 spiro atoms. The second-order valence-electron chi connectivity index (χ2n) is 8.77. The van der Waals surface area contributed by atoms with Crippen LogP contribution in [0.15, 0.2) is 54.9 Å². The Morgan fingerprint density at radius 3 is 2.32 bits per heavy atom. The van der Waals surface area contributed by atoms with Crippen LogP contribution in [0.4, 0.5) is 5.69 Å². The third-order valence-electron chi connectivity index (χ3n) is 5.27. The standard InChI is InChI=1S/C26H36N4O3S/c1-19(2)16-22(29-24(31)13-7-4-8-15-34)26(33)30-23(17-20-10-5-3-6-11-20)25(32)28-21-12-9-14-27-18-21/h3,5-6,9-12,14,18-19,22-23,34H,4,7-8,13,15-17H2,1-2H3,(H,28,32)(H,29,31)(H,30,33)/t22-,23-/m0/s1. The van der Waals surface area contributed by atoms with Crippen LogP contribution in [0.2, 0.25) is 0 Å². The average molecular weight is 485 g/mol. The predicted molar refractivity (Wildman–Crippen MR) is 139 cm³/mol. The maximum atomic E-state index is 13.2. The van der Waals surface area contributed by atoms with Gasteiger partial charge in [-0.1, -0.05) is 50.6 Å². The van der Waals surface area contributed by atoms with Gasteiger partial charge in [-0.3, -0.25) is 19.4 Å². The van der Waals surface area contributed by atoms with Gasteiger partial charge in [0.15, 0.2) is 0 Å². The minimum Gasteiger partial charge on any atom is -0.344 e. The number of carbonyl (C=O) groups excluding carboxylic acids is 3. The highest BCUT2D eigenvalue weighted by Crippen LogP contribution is 2.11. The molecule has 1 aromatic heterocycles. The molecule has 0 aliphatic rings. The number of nitrogens with zero attached hydrogens (tertiary/aromatic N) is 1. The monoisotopic (exact) mass is 484 g/mol. The number of carbonyl (C=O) groups is 3. The summed E-state index contributed by atoms with van der Waals surface area (Å²) in [6.07, 6.45) is 6.98. The number of aromatic nitrogens is 1. The highest BCUT2D eigenvalue weighted by atomic mass is 32.1. The van der Waals surface area contributed by atoms with E-state index in [9.17, 15) is 14.4 Å². The van der Waals surface area contributed by atoms with E-state index in [1.54, 1.807) is 24.5 Å². The van der Waals surface area contributed by atoms with Crippen molar-refractivity contribution in [3.05, 3.63) is 60.4 Å². The van der Waals surface area contributed by atoms with Crippen molar-refractivity contribution in [1.82, 2.24) is 15.6 Å². The smallest absolute Gasteiger partial charge is 0.247 e. The third-order valence-corrected chi connectivity index (χ3v) is 5.58. The van der Waals surface area contributed by atoms with Crippen molar-refractivity contribution >= 4 is 36.0 Å². The molecule has 2 atom stereocenters. The molecule has 7 nitrogen and oxygen atoms in total. The first-order chi connectivity index (χ1) is 16.4. The molecule has 2 aromatic rings. The minimum atomic E-state index is -0.808. The molecule has 0 aliphatic carbocycles. The van der Waals surface area contributed by atoms with Crippen LogP contribution in [-0.4, -0.2) is 40.5 Å². The van der Waals surface area contributed by atoms with Gasteiger partial charge in [0.2, 0.25) is 17.7 Å². The Labute approximate surface area is 207 Å². The van der Waals surface area contributed by atoms with Gasteiger partial charge >= 0.3 is 0 Å². The number of rotatable bonds is 14. The molecular weight excluding hydrogens is 448 g/mol. The Kier molecular flexibility index (Phi) is 12.2. The van der Waals surface area contributed by atoms with Crippen LogP contribution in [-0.2, 0) is 20.8 Å². The zero-order valence-corrected chi connectivity index (χ0v) is 20.9. The number of nitrogens with one attached hydrogen (secondary N) is 3. The van der Waals surface area contributed by atoms with E-state index in [4.69, 9.17) is 0 Å². The van der Waals surface area contributed by atoms with Crippen molar-refractivity contribution in [1.29, 1.82) is 0 Å². The SMILES string of the molecule is CC(C)C[C@H](NC(=O)CCCCCS)C(=O)N[C@@H](Cc1ccccc1)C(=O)Nc1cccnc1. The fourth-order valence-corrected chi connectivity index (χ4v) is 3.76. The maximum absolute atomic E-state index is 13.2. The second-order valence-corrected chi connectivity index (χ2v) is 9.21. The molecule has 34 heavy (non-hydrogen) atoms. The highest BCUT2D eigenvalue weighted by molar-refractivity contribution is 7.80. The number of benzene rings is 1. The molecule has 1 heterocycles. The molecule has 0 fully saturated rings. The van der Waals surface area contributed by atoms with Gasteiger partial charge < -0.3 is 16.0 Å². The molecular formula is C26H36N4O3S. The first kappa shape index (κ1) is 27.4. The first-order valence-corrected chi connectivity index (χ1v) is 12.5. The fourth-order valence-electron chi connectivity index (χ4n) is 3.54. The van der Waals surface area contributed by atoms with Crippen LogP contribution < -0.4 is 16.0 Å². The lowest BCUT2D eigenvalue weighted by Crippen LogP contribution is -2.53. The van der Waals surface area contributed by atoms with Gasteiger partial charge in [0, 0.05) is 19.0 Å². The lowest BCUT2D eigenvalue weighted by atomic mass is 10.0. The van der Waals surface area contributed by atoms with Gasteiger partial charge in [0.05, 0.1) is 11.9 Å². The third kappa shape index (κ3) is 10.4. The van der Waals surface area contributed by atoms with Crippen molar-refractivity contribution in [2.24, 2.45) is 5.92 Å². The zero-order valence-electron chi connectivity index (χ0n) is 20.0. The topological polar surface area (TPSA) is 100 Å². The van der Waals surface area contributed by atoms with E-state index in [0.717, 1.165) is 30.6 Å². The summed E-state index contributed by atoms with van der Waals surface area (Å²) in [5.74, 6) is 0.131. The van der Waals surface area contributed by atoms with Crippen molar-refractivity contribution < 1.29 is 14.4 Å². The van der Waals surface area contributed by atoms with Crippen molar-refractivity contribution in [2.75, 3.05) is 11.1 Å². The van der Waals surface area contributed by atoms with E-state index in [-0.39, 0.29) is 23.6 Å². The number of unbranched alkanes of at least 4 members (excludes halogenated alkanes) is 2. The molecule has 2 rings (SSSR count). The number of amides is 3. The highest BCUT2D eigenvalue weighted by Gasteiger charge is 2.27. The lowest BCUT2D eigenvalue weighted by molar-refractivity contribution is -0.131. The van der Waals surface area contributed by atoms with E-state index in [1.807, 2.05) is 44.2 Å². The normalized spacial score (nSPS) is 12.6. The van der Waals surface area contributed by atoms with E-state index in [0.29, 0.717) is 24.9 Å². The summed E-state index contributed by atoms with van der Waals surface area (Å²) in [6.45, 7) is 3.99. The van der Waals surface area contributed by atoms with Crippen LogP contribution in [0.3, 0.4) is 0 Å². The quantitative estimate of drug-likeness (QED) is 0.242. The summed E-state index contributed by atoms with van der Waals surface area (Å²) in [4.78, 5) is 42.8. The molecule has 3 amide bonds. The van der Waals surface area contributed by atoms with Gasteiger partial charge in [-0.25, -0.2) is 0 Å². The minimum absolute atomic E-state index is 0.153. The Balaban J connectivity index is 2.10. The summed E-state index contributed by atoms with van der Waals surface area (Å²) < 4.78 is 0. The van der Waals surface area contributed by atoms with Crippen molar-refractivity contribution in [3.8, 4) is 0 Å². The fraction of sp³-hybridized carbons (Fsp3) is 0.462. The first-order valence-electron chi connectivity index (χ1n) is 11.8. The molecule has 0 radical (unpaired) electrons. The molecule has 0 unspecified atom stereocenters. The van der Waals surface area contributed by atoms with Crippen molar-refractivity contribution in [3.63, 3.8) is 0 Å². The molecule has 0 saturated heterocycles.